The molecule has 0 aliphatic carbocycles. The lowest BCUT2D eigenvalue weighted by molar-refractivity contribution is -0.383. The number of hydrogen-bond donors (Lipinski definition) is 4. The predicted octanol–water partition coefficient (Wildman–Crippen LogP) is -2.99. The quantitative estimate of drug-likeness (QED) is 0.157. The third-order valence-corrected chi connectivity index (χ3v) is 7.60. The second kappa shape index (κ2) is 16.4. The highest BCUT2D eigenvalue weighted by Crippen LogP contribution is 2.35. The van der Waals surface area contributed by atoms with Crippen LogP contribution in [0.3, 0.4) is 0 Å². The van der Waals surface area contributed by atoms with Crippen LogP contribution in [0.4, 0.5) is 0 Å². The first kappa shape index (κ1) is 34.8. The summed E-state index contributed by atoms with van der Waals surface area (Å²) in [6.07, 6.45) is -15.6. The largest absolute Gasteiger partial charge is 0.394 e. The van der Waals surface area contributed by atoms with Gasteiger partial charge < -0.3 is 77.3 Å². The van der Waals surface area contributed by atoms with Crippen molar-refractivity contribution in [1.29, 1.82) is 0 Å². The van der Waals surface area contributed by atoms with Crippen LogP contribution in [0.25, 0.3) is 0 Å². The van der Waals surface area contributed by atoms with Crippen molar-refractivity contribution >= 4 is 0 Å². The van der Waals surface area contributed by atoms with Crippen LogP contribution in [0.1, 0.15) is 0 Å². The molecule has 4 N–H and O–H groups in total. The average Bonchev–Trinajstić information content (AvgIpc) is 2.98. The lowest BCUT2D eigenvalue weighted by Gasteiger charge is -2.50. The van der Waals surface area contributed by atoms with Crippen molar-refractivity contribution in [2.75, 3.05) is 69.6 Å². The summed E-state index contributed by atoms with van der Waals surface area (Å²) in [5.41, 5.74) is 0. The summed E-state index contributed by atoms with van der Waals surface area (Å²) in [6.45, 7) is -0.471. The van der Waals surface area contributed by atoms with Crippen molar-refractivity contribution in [1.82, 2.24) is 0 Å². The molecule has 15 atom stereocenters. The molecule has 0 bridgehead atoms. The third-order valence-electron chi connectivity index (χ3n) is 7.60. The normalized spacial score (nSPS) is 45.6. The zero-order valence-corrected chi connectivity index (χ0v) is 24.5. The lowest BCUT2D eigenvalue weighted by atomic mass is 9.95. The first-order chi connectivity index (χ1) is 19.7. The Bertz CT molecular complexity index is 746. The van der Waals surface area contributed by atoms with Crippen LogP contribution < -0.4 is 0 Å². The summed E-state index contributed by atoms with van der Waals surface area (Å²) in [4.78, 5) is 0. The van der Waals surface area contributed by atoms with E-state index in [-0.39, 0.29) is 13.2 Å². The van der Waals surface area contributed by atoms with E-state index >= 15 is 0 Å². The van der Waals surface area contributed by atoms with Gasteiger partial charge in [-0.1, -0.05) is 0 Å². The van der Waals surface area contributed by atoms with Crippen LogP contribution in [-0.2, 0) is 56.8 Å². The Kier molecular flexibility index (Phi) is 14.0. The molecule has 3 aliphatic heterocycles. The van der Waals surface area contributed by atoms with Gasteiger partial charge in [0.2, 0.25) is 0 Å². The molecule has 41 heavy (non-hydrogen) atoms. The molecule has 16 heteroatoms. The smallest absolute Gasteiger partial charge is 0.187 e. The predicted molar refractivity (Wildman–Crippen MR) is 135 cm³/mol. The van der Waals surface area contributed by atoms with Gasteiger partial charge in [-0.05, 0) is 0 Å². The Morgan fingerprint density at radius 3 is 1.34 bits per heavy atom. The van der Waals surface area contributed by atoms with E-state index < -0.39 is 98.7 Å². The minimum Gasteiger partial charge on any atom is -0.394 e. The fourth-order valence-electron chi connectivity index (χ4n) is 5.50. The van der Waals surface area contributed by atoms with Crippen molar-refractivity contribution in [2.45, 2.75) is 92.1 Å². The maximum Gasteiger partial charge on any atom is 0.187 e. The summed E-state index contributed by atoms with van der Waals surface area (Å²) >= 11 is 0. The number of rotatable bonds is 14. The van der Waals surface area contributed by atoms with Gasteiger partial charge in [0.1, 0.15) is 73.2 Å². The molecular formula is C25H46O16. The van der Waals surface area contributed by atoms with E-state index in [0.29, 0.717) is 0 Å². The van der Waals surface area contributed by atoms with Gasteiger partial charge in [-0.2, -0.15) is 0 Å². The summed E-state index contributed by atoms with van der Waals surface area (Å²) in [6, 6.07) is 0. The van der Waals surface area contributed by atoms with E-state index in [2.05, 4.69) is 0 Å². The molecule has 3 fully saturated rings. The molecular weight excluding hydrogens is 556 g/mol. The number of methoxy groups -OCH3 is 7. The van der Waals surface area contributed by atoms with E-state index in [0.717, 1.165) is 0 Å². The Morgan fingerprint density at radius 1 is 0.463 bits per heavy atom. The number of ether oxygens (including phenoxy) is 12. The third kappa shape index (κ3) is 7.54. The lowest BCUT2D eigenvalue weighted by Crippen LogP contribution is -2.67. The molecule has 1 unspecified atom stereocenters. The molecule has 3 saturated heterocycles. The summed E-state index contributed by atoms with van der Waals surface area (Å²) in [5, 5.41) is 40.6. The van der Waals surface area contributed by atoms with Crippen molar-refractivity contribution < 1.29 is 77.3 Å². The fourth-order valence-corrected chi connectivity index (χ4v) is 5.50. The average molecular weight is 603 g/mol. The van der Waals surface area contributed by atoms with E-state index in [1.165, 1.54) is 49.8 Å². The molecule has 3 aliphatic rings. The zero-order chi connectivity index (χ0) is 30.3. The van der Waals surface area contributed by atoms with Crippen LogP contribution in [0.15, 0.2) is 0 Å². The highest BCUT2D eigenvalue weighted by atomic mass is 16.8. The molecule has 3 heterocycles. The maximum absolute atomic E-state index is 10.6. The van der Waals surface area contributed by atoms with Crippen molar-refractivity contribution in [3.8, 4) is 0 Å². The van der Waals surface area contributed by atoms with Gasteiger partial charge in [-0.3, -0.25) is 0 Å². The minimum absolute atomic E-state index is 0.00105. The van der Waals surface area contributed by atoms with Crippen LogP contribution in [0.5, 0.6) is 0 Å². The van der Waals surface area contributed by atoms with E-state index in [1.807, 2.05) is 0 Å². The van der Waals surface area contributed by atoms with Gasteiger partial charge in [-0.25, -0.2) is 0 Å². The zero-order valence-electron chi connectivity index (χ0n) is 24.5. The standard InChI is InChI=1S/C25H46O16/c1-30-9-12-18(19(32-3)21(34-5)24(36-7)38-12)41-25-22(35-6)20(33-4)17(13(39-25)10-31-2)40-23-16(29)15(28)14(27)11(8-26)37-23/h11-29H,8-10H2,1-7H3/t11-,12-,13+,14-,15+,16-,17+,18-,19+,20-,21-,22+,23+,24?,25-/m1/s1. The molecule has 0 aromatic rings. The van der Waals surface area contributed by atoms with Crippen LogP contribution in [-0.4, -0.2) is 182 Å². The first-order valence-corrected chi connectivity index (χ1v) is 13.3. The van der Waals surface area contributed by atoms with Crippen molar-refractivity contribution in [2.24, 2.45) is 0 Å². The Labute approximate surface area is 239 Å². The van der Waals surface area contributed by atoms with Gasteiger partial charge in [0, 0.05) is 49.8 Å². The van der Waals surface area contributed by atoms with Gasteiger partial charge in [0.15, 0.2) is 18.9 Å². The first-order valence-electron chi connectivity index (χ1n) is 13.3. The highest BCUT2D eigenvalue weighted by Gasteiger charge is 2.55. The molecule has 16 nitrogen and oxygen atoms in total. The summed E-state index contributed by atoms with van der Waals surface area (Å²) < 4.78 is 69.6. The number of aliphatic hydroxyl groups excluding tert-OH is 4. The highest BCUT2D eigenvalue weighted by molar-refractivity contribution is 4.98. The van der Waals surface area contributed by atoms with Crippen LogP contribution in [0, 0.1) is 0 Å². The van der Waals surface area contributed by atoms with E-state index in [1.54, 1.807) is 0 Å². The topological polar surface area (TPSA) is 192 Å². The van der Waals surface area contributed by atoms with E-state index in [4.69, 9.17) is 56.8 Å². The van der Waals surface area contributed by atoms with Gasteiger partial charge in [0.25, 0.3) is 0 Å². The molecule has 0 amide bonds. The molecule has 3 rings (SSSR count). The van der Waals surface area contributed by atoms with Gasteiger partial charge >= 0.3 is 0 Å². The fraction of sp³-hybridized carbons (Fsp3) is 1.00. The minimum atomic E-state index is -1.64. The SMILES string of the molecule is COC[C@@H]1O[C@H](O[C@H]2[C@H](OC)[C@@H](OC)C(OC)O[C@@H]2COC)[C@@H](OC)[C@H](OC)[C@H]1O[C@@H]1O[C@H](CO)[C@@H](O)[C@H](O)[C@H]1O. The molecule has 0 spiro atoms. The van der Waals surface area contributed by atoms with Gasteiger partial charge in [-0.15, -0.1) is 0 Å². The molecule has 242 valence electrons. The van der Waals surface area contributed by atoms with Gasteiger partial charge in [0.05, 0.1) is 19.8 Å². The number of aliphatic hydroxyl groups is 4. The monoisotopic (exact) mass is 602 g/mol. The molecule has 0 aromatic carbocycles. The summed E-state index contributed by atoms with van der Waals surface area (Å²) in [7, 11) is 10.4. The molecule has 0 aromatic heterocycles. The van der Waals surface area contributed by atoms with Crippen molar-refractivity contribution in [3.63, 3.8) is 0 Å². The Morgan fingerprint density at radius 2 is 0.902 bits per heavy atom. The Hall–Kier alpha value is -0.640. The maximum atomic E-state index is 10.6. The number of hydrogen-bond acceptors (Lipinski definition) is 16. The summed E-state index contributed by atoms with van der Waals surface area (Å²) in [5.74, 6) is 0. The van der Waals surface area contributed by atoms with E-state index in [9.17, 15) is 20.4 Å². The van der Waals surface area contributed by atoms with Crippen LogP contribution in [0.2, 0.25) is 0 Å². The molecule has 0 radical (unpaired) electrons. The second-order valence-electron chi connectivity index (χ2n) is 9.93. The second-order valence-corrected chi connectivity index (χ2v) is 9.93. The van der Waals surface area contributed by atoms with Crippen LogP contribution >= 0.6 is 0 Å². The molecule has 0 saturated carbocycles. The Balaban J connectivity index is 1.88. The van der Waals surface area contributed by atoms with Crippen molar-refractivity contribution in [3.05, 3.63) is 0 Å².